The number of rotatable bonds is 6. The van der Waals surface area contributed by atoms with Gasteiger partial charge in [0.1, 0.15) is 0 Å². The van der Waals surface area contributed by atoms with Crippen LogP contribution < -0.4 is 10.6 Å². The summed E-state index contributed by atoms with van der Waals surface area (Å²) in [6.07, 6.45) is 7.47. The zero-order valence-electron chi connectivity index (χ0n) is 15.5. The summed E-state index contributed by atoms with van der Waals surface area (Å²) in [6.45, 7) is 3.06. The monoisotopic (exact) mass is 401 g/mol. The van der Waals surface area contributed by atoms with Crippen LogP contribution in [-0.2, 0) is 13.1 Å². The maximum atomic E-state index is 12.3. The first-order valence-corrected chi connectivity index (χ1v) is 9.24. The molecule has 0 spiro atoms. The molecule has 9 heteroatoms. The molecule has 148 valence electrons. The quantitative estimate of drug-likeness (QED) is 0.657. The van der Waals surface area contributed by atoms with Crippen molar-refractivity contribution in [2.45, 2.75) is 32.0 Å². The van der Waals surface area contributed by atoms with Gasteiger partial charge in [0.2, 0.25) is 0 Å². The molecule has 3 heterocycles. The second kappa shape index (κ2) is 9.48. The van der Waals surface area contributed by atoms with Gasteiger partial charge in [0.05, 0.1) is 25.0 Å². The predicted molar refractivity (Wildman–Crippen MR) is 107 cm³/mol. The van der Waals surface area contributed by atoms with Crippen molar-refractivity contribution >= 4 is 18.3 Å². The molecule has 0 saturated carbocycles. The Hall–Kier alpha value is -2.71. The highest BCUT2D eigenvalue weighted by Crippen LogP contribution is 2.17. The zero-order valence-corrected chi connectivity index (χ0v) is 16.3. The second-order valence-corrected chi connectivity index (χ2v) is 6.78. The fourth-order valence-corrected chi connectivity index (χ4v) is 3.26. The van der Waals surface area contributed by atoms with E-state index < -0.39 is 0 Å². The molecule has 8 nitrogen and oxygen atoms in total. The third-order valence-corrected chi connectivity index (χ3v) is 4.75. The van der Waals surface area contributed by atoms with Crippen LogP contribution in [0.15, 0.2) is 48.9 Å². The number of aromatic nitrogens is 5. The maximum Gasteiger partial charge on any atom is 0.273 e. The van der Waals surface area contributed by atoms with Gasteiger partial charge in [-0.2, -0.15) is 5.10 Å². The molecule has 1 aromatic carbocycles. The van der Waals surface area contributed by atoms with Crippen LogP contribution in [0.1, 0.15) is 40.5 Å². The summed E-state index contributed by atoms with van der Waals surface area (Å²) in [5.74, 6) is -0.217. The summed E-state index contributed by atoms with van der Waals surface area (Å²) in [4.78, 5) is 12.3. The molecule has 2 aromatic heterocycles. The number of halogens is 1. The first kappa shape index (κ1) is 20.0. The van der Waals surface area contributed by atoms with E-state index in [-0.39, 0.29) is 18.3 Å². The van der Waals surface area contributed by atoms with Gasteiger partial charge in [-0.05, 0) is 31.5 Å². The van der Waals surface area contributed by atoms with Gasteiger partial charge < -0.3 is 10.6 Å². The Morgan fingerprint density at radius 1 is 1.14 bits per heavy atom. The lowest BCUT2D eigenvalue weighted by molar-refractivity contribution is 0.0946. The predicted octanol–water partition coefficient (Wildman–Crippen LogP) is 1.80. The maximum absolute atomic E-state index is 12.3. The molecule has 0 bridgehead atoms. The number of hydrogen-bond acceptors (Lipinski definition) is 5. The lowest BCUT2D eigenvalue weighted by atomic mass is 10.1. The SMILES string of the molecule is Cl.O=C(NCc1cnn(Cc2ccccc2)c1)c1cn(C2CCNCC2)nn1. The molecule has 0 atom stereocenters. The lowest BCUT2D eigenvalue weighted by Crippen LogP contribution is -2.29. The highest BCUT2D eigenvalue weighted by atomic mass is 35.5. The molecule has 1 fully saturated rings. The van der Waals surface area contributed by atoms with Gasteiger partial charge >= 0.3 is 0 Å². The molecular formula is C19H24ClN7O. The van der Waals surface area contributed by atoms with Crippen LogP contribution in [-0.4, -0.2) is 43.8 Å². The Kier molecular flexibility index (Phi) is 6.78. The Labute approximate surface area is 169 Å². The fourth-order valence-electron chi connectivity index (χ4n) is 3.26. The van der Waals surface area contributed by atoms with E-state index in [0.29, 0.717) is 24.8 Å². The van der Waals surface area contributed by atoms with Crippen LogP contribution in [0.3, 0.4) is 0 Å². The summed E-state index contributed by atoms with van der Waals surface area (Å²) in [5.41, 5.74) is 2.49. The second-order valence-electron chi connectivity index (χ2n) is 6.78. The smallest absolute Gasteiger partial charge is 0.273 e. The molecule has 28 heavy (non-hydrogen) atoms. The zero-order chi connectivity index (χ0) is 18.5. The minimum Gasteiger partial charge on any atom is -0.346 e. The molecule has 0 unspecified atom stereocenters. The number of amides is 1. The average Bonchev–Trinajstić information content (AvgIpc) is 3.37. The van der Waals surface area contributed by atoms with Gasteiger partial charge in [-0.3, -0.25) is 9.48 Å². The molecule has 1 aliphatic rings. The highest BCUT2D eigenvalue weighted by Gasteiger charge is 2.18. The third kappa shape index (κ3) is 4.96. The van der Waals surface area contributed by atoms with Crippen LogP contribution in [0.2, 0.25) is 0 Å². The topological polar surface area (TPSA) is 89.7 Å². The van der Waals surface area contributed by atoms with Gasteiger partial charge in [-0.25, -0.2) is 4.68 Å². The minimum absolute atomic E-state index is 0. The van der Waals surface area contributed by atoms with Crippen LogP contribution in [0.4, 0.5) is 0 Å². The Bertz CT molecular complexity index is 887. The molecule has 0 aliphatic carbocycles. The largest absolute Gasteiger partial charge is 0.346 e. The summed E-state index contributed by atoms with van der Waals surface area (Å²) in [5, 5.41) is 18.7. The first-order valence-electron chi connectivity index (χ1n) is 9.24. The molecule has 1 saturated heterocycles. The van der Waals surface area contributed by atoms with E-state index in [2.05, 4.69) is 38.2 Å². The van der Waals surface area contributed by atoms with E-state index in [9.17, 15) is 4.79 Å². The number of piperidine rings is 1. The summed E-state index contributed by atoms with van der Waals surface area (Å²) >= 11 is 0. The van der Waals surface area contributed by atoms with Crippen LogP contribution in [0.5, 0.6) is 0 Å². The Balaban J connectivity index is 0.00000225. The third-order valence-electron chi connectivity index (χ3n) is 4.75. The highest BCUT2D eigenvalue weighted by molar-refractivity contribution is 5.91. The number of carbonyl (C=O) groups is 1. The average molecular weight is 402 g/mol. The van der Waals surface area contributed by atoms with E-state index >= 15 is 0 Å². The van der Waals surface area contributed by atoms with Gasteiger partial charge in [0.15, 0.2) is 5.69 Å². The summed E-state index contributed by atoms with van der Waals surface area (Å²) in [7, 11) is 0. The number of hydrogen-bond donors (Lipinski definition) is 2. The summed E-state index contributed by atoms with van der Waals surface area (Å²) in [6, 6.07) is 10.5. The van der Waals surface area contributed by atoms with E-state index in [4.69, 9.17) is 0 Å². The van der Waals surface area contributed by atoms with Crippen molar-refractivity contribution in [2.24, 2.45) is 0 Å². The molecule has 2 N–H and O–H groups in total. The lowest BCUT2D eigenvalue weighted by Gasteiger charge is -2.22. The standard InChI is InChI=1S/C19H23N7O.ClH/c27-19(18-14-26(24-23-18)17-6-8-20-9-7-17)21-10-16-11-22-25(13-16)12-15-4-2-1-3-5-15;/h1-5,11,13-14,17,20H,6-10,12H2,(H,21,27);1H. The fraction of sp³-hybridized carbons (Fsp3) is 0.368. The van der Waals surface area contributed by atoms with Gasteiger partial charge in [0.25, 0.3) is 5.91 Å². The summed E-state index contributed by atoms with van der Waals surface area (Å²) < 4.78 is 3.68. The van der Waals surface area contributed by atoms with Crippen LogP contribution in [0, 0.1) is 0 Å². The van der Waals surface area contributed by atoms with Gasteiger partial charge in [-0.1, -0.05) is 35.5 Å². The number of nitrogens with zero attached hydrogens (tertiary/aromatic N) is 5. The van der Waals surface area contributed by atoms with E-state index in [0.717, 1.165) is 31.5 Å². The Morgan fingerprint density at radius 2 is 1.93 bits per heavy atom. The van der Waals surface area contributed by atoms with Crippen molar-refractivity contribution in [3.05, 3.63) is 65.7 Å². The first-order chi connectivity index (χ1) is 13.3. The van der Waals surface area contributed by atoms with Crippen molar-refractivity contribution in [3.63, 3.8) is 0 Å². The van der Waals surface area contributed by atoms with Crippen molar-refractivity contribution in [1.82, 2.24) is 35.4 Å². The van der Waals surface area contributed by atoms with Gasteiger partial charge in [0, 0.05) is 18.3 Å². The number of carbonyl (C=O) groups excluding carboxylic acids is 1. The van der Waals surface area contributed by atoms with E-state index in [1.165, 1.54) is 5.56 Å². The van der Waals surface area contributed by atoms with Crippen molar-refractivity contribution < 1.29 is 4.79 Å². The van der Waals surface area contributed by atoms with Crippen molar-refractivity contribution in [3.8, 4) is 0 Å². The molecule has 3 aromatic rings. The molecule has 1 aliphatic heterocycles. The Morgan fingerprint density at radius 3 is 2.71 bits per heavy atom. The molecule has 0 radical (unpaired) electrons. The van der Waals surface area contributed by atoms with Crippen LogP contribution >= 0.6 is 12.4 Å². The number of nitrogens with one attached hydrogen (secondary N) is 2. The molecular weight excluding hydrogens is 378 g/mol. The van der Waals surface area contributed by atoms with E-state index in [1.807, 2.05) is 33.8 Å². The van der Waals surface area contributed by atoms with E-state index in [1.54, 1.807) is 12.4 Å². The van der Waals surface area contributed by atoms with Gasteiger partial charge in [-0.15, -0.1) is 17.5 Å². The minimum atomic E-state index is -0.217. The van der Waals surface area contributed by atoms with Crippen LogP contribution in [0.25, 0.3) is 0 Å². The van der Waals surface area contributed by atoms with Crippen molar-refractivity contribution in [1.29, 1.82) is 0 Å². The normalized spacial score (nSPS) is 14.4. The molecule has 4 rings (SSSR count). The number of benzene rings is 1. The van der Waals surface area contributed by atoms with Crippen molar-refractivity contribution in [2.75, 3.05) is 13.1 Å². The molecule has 1 amide bonds.